The Labute approximate surface area is 385 Å². The Morgan fingerprint density at radius 3 is 1.36 bits per heavy atom. The minimum Gasteiger partial charge on any atom is -0.310 e. The van der Waals surface area contributed by atoms with Gasteiger partial charge in [0.25, 0.3) is 0 Å². The van der Waals surface area contributed by atoms with Crippen molar-refractivity contribution in [2.45, 2.75) is 5.41 Å². The molecular weight excluding hydrogens is 795 g/mol. The van der Waals surface area contributed by atoms with Crippen molar-refractivity contribution in [2.75, 3.05) is 4.90 Å². The predicted octanol–water partition coefficient (Wildman–Crippen LogP) is 17.5. The molecule has 0 N–H and O–H groups in total. The van der Waals surface area contributed by atoms with Crippen molar-refractivity contribution in [3.63, 3.8) is 0 Å². The van der Waals surface area contributed by atoms with E-state index >= 15 is 0 Å². The normalized spacial score (nSPS) is 12.7. The summed E-state index contributed by atoms with van der Waals surface area (Å²) in [4.78, 5) is 2.51. The van der Waals surface area contributed by atoms with Gasteiger partial charge in [0.15, 0.2) is 0 Å². The summed E-state index contributed by atoms with van der Waals surface area (Å²) in [7, 11) is 0. The van der Waals surface area contributed by atoms with Gasteiger partial charge < -0.3 is 4.90 Å². The first kappa shape index (κ1) is 38.0. The van der Waals surface area contributed by atoms with Crippen LogP contribution >= 0.6 is 0 Å². The number of fused-ring (bicyclic) bond motifs is 9. The van der Waals surface area contributed by atoms with Crippen LogP contribution in [0.15, 0.2) is 261 Å². The molecule has 0 heterocycles. The first-order valence-corrected chi connectivity index (χ1v) is 22.9. The molecule has 1 heteroatoms. The quantitative estimate of drug-likeness (QED) is 0.145. The number of anilines is 3. The SMILES string of the molecule is c1ccc(N(c2ccc3c(c2)C(c2ccccc2)(c2ccccc2)c2ccccc2-3)c2cccc(-c3cc4ccccc4c4ccccc34)c2-c2cc3ccccc3c3ccccc23)cc1. The van der Waals surface area contributed by atoms with Crippen molar-refractivity contribution < 1.29 is 0 Å². The van der Waals surface area contributed by atoms with Crippen LogP contribution in [0.5, 0.6) is 0 Å². The fraction of sp³-hybridized carbons (Fsp3) is 0.0154. The van der Waals surface area contributed by atoms with Crippen LogP contribution in [-0.2, 0) is 5.41 Å². The lowest BCUT2D eigenvalue weighted by Gasteiger charge is -2.35. The van der Waals surface area contributed by atoms with Gasteiger partial charge in [0.05, 0.1) is 11.1 Å². The van der Waals surface area contributed by atoms with Crippen molar-refractivity contribution in [3.8, 4) is 33.4 Å². The van der Waals surface area contributed by atoms with Crippen LogP contribution in [0, 0.1) is 0 Å². The summed E-state index contributed by atoms with van der Waals surface area (Å²) < 4.78 is 0. The smallest absolute Gasteiger partial charge is 0.0714 e. The van der Waals surface area contributed by atoms with Crippen molar-refractivity contribution in [1.29, 1.82) is 0 Å². The molecule has 308 valence electrons. The van der Waals surface area contributed by atoms with Gasteiger partial charge in [-0.25, -0.2) is 0 Å². The van der Waals surface area contributed by atoms with Crippen LogP contribution in [0.3, 0.4) is 0 Å². The molecule has 1 nitrogen and oxygen atoms in total. The average Bonchev–Trinajstić information content (AvgIpc) is 3.69. The maximum atomic E-state index is 2.51. The third-order valence-corrected chi connectivity index (χ3v) is 14.1. The molecule has 12 aromatic carbocycles. The zero-order valence-electron chi connectivity index (χ0n) is 36.3. The molecule has 0 unspecified atom stereocenters. The van der Waals surface area contributed by atoms with Crippen LogP contribution in [0.1, 0.15) is 22.3 Å². The monoisotopic (exact) mass is 837 g/mol. The summed E-state index contributed by atoms with van der Waals surface area (Å²) in [6.45, 7) is 0. The van der Waals surface area contributed by atoms with Crippen LogP contribution in [0.2, 0.25) is 0 Å². The first-order chi connectivity index (χ1) is 32.8. The fourth-order valence-corrected chi connectivity index (χ4v) is 11.3. The molecule has 0 aromatic heterocycles. The third kappa shape index (κ3) is 5.73. The Hall–Kier alpha value is -8.52. The van der Waals surface area contributed by atoms with Crippen LogP contribution in [0.25, 0.3) is 76.5 Å². The van der Waals surface area contributed by atoms with Gasteiger partial charge in [0.2, 0.25) is 0 Å². The Morgan fingerprint density at radius 2 is 0.727 bits per heavy atom. The third-order valence-electron chi connectivity index (χ3n) is 14.1. The largest absolute Gasteiger partial charge is 0.310 e. The lowest BCUT2D eigenvalue weighted by Crippen LogP contribution is -2.28. The highest BCUT2D eigenvalue weighted by Gasteiger charge is 2.46. The summed E-state index contributed by atoms with van der Waals surface area (Å²) in [5.74, 6) is 0. The molecule has 0 atom stereocenters. The molecule has 0 amide bonds. The fourth-order valence-electron chi connectivity index (χ4n) is 11.3. The average molecular weight is 838 g/mol. The highest BCUT2D eigenvalue weighted by Crippen LogP contribution is 2.58. The number of rotatable bonds is 7. The maximum absolute atomic E-state index is 2.51. The number of benzene rings is 12. The van der Waals surface area contributed by atoms with Gasteiger partial charge in [-0.2, -0.15) is 0 Å². The van der Waals surface area contributed by atoms with Gasteiger partial charge in [-0.3, -0.25) is 0 Å². The number of hydrogen-bond donors (Lipinski definition) is 0. The summed E-state index contributed by atoms with van der Waals surface area (Å²) in [5, 5.41) is 9.90. The molecule has 0 saturated carbocycles. The van der Waals surface area contributed by atoms with Gasteiger partial charge in [-0.15, -0.1) is 0 Å². The van der Waals surface area contributed by atoms with E-state index in [4.69, 9.17) is 0 Å². The van der Waals surface area contributed by atoms with Crippen molar-refractivity contribution >= 4 is 60.2 Å². The summed E-state index contributed by atoms with van der Waals surface area (Å²) in [6, 6.07) is 96.7. The summed E-state index contributed by atoms with van der Waals surface area (Å²) in [6.07, 6.45) is 0. The van der Waals surface area contributed by atoms with E-state index in [1.165, 1.54) is 98.7 Å². The van der Waals surface area contributed by atoms with Gasteiger partial charge in [0, 0.05) is 16.9 Å². The molecule has 0 spiro atoms. The van der Waals surface area contributed by atoms with Crippen molar-refractivity contribution in [1.82, 2.24) is 0 Å². The standard InChI is InChI=1S/C65H43N/c1-4-23-46(24-5-1)65(47-25-6-2-7-26-47)61-37-19-18-35-56(61)57-40-39-49(43-62(57)65)66(48-27-8-3-9-28-48)63-38-20-36-58(59-41-44-21-10-12-29-50(44)52-31-14-16-33-54(52)59)64(63)60-42-45-22-11-13-30-51(45)53-32-15-17-34-55(53)60/h1-43H. The Bertz CT molecular complexity index is 3770. The maximum Gasteiger partial charge on any atom is 0.0714 e. The Balaban J connectivity index is 1.16. The van der Waals surface area contributed by atoms with E-state index in [2.05, 4.69) is 266 Å². The van der Waals surface area contributed by atoms with E-state index < -0.39 is 5.41 Å². The van der Waals surface area contributed by atoms with E-state index in [-0.39, 0.29) is 0 Å². The lowest BCUT2D eigenvalue weighted by molar-refractivity contribution is 0.768. The molecule has 1 aliphatic carbocycles. The highest BCUT2D eigenvalue weighted by atomic mass is 15.1. The molecule has 0 bridgehead atoms. The molecule has 0 saturated heterocycles. The number of nitrogens with zero attached hydrogens (tertiary/aromatic N) is 1. The molecule has 0 aliphatic heterocycles. The molecule has 0 fully saturated rings. The molecule has 66 heavy (non-hydrogen) atoms. The number of para-hydroxylation sites is 1. The van der Waals surface area contributed by atoms with Gasteiger partial charge >= 0.3 is 0 Å². The lowest BCUT2D eigenvalue weighted by atomic mass is 9.67. The van der Waals surface area contributed by atoms with Crippen molar-refractivity contribution in [3.05, 3.63) is 283 Å². The molecule has 13 rings (SSSR count). The van der Waals surface area contributed by atoms with Gasteiger partial charge in [-0.1, -0.05) is 218 Å². The van der Waals surface area contributed by atoms with E-state index in [0.717, 1.165) is 17.1 Å². The minimum atomic E-state index is -0.546. The summed E-state index contributed by atoms with van der Waals surface area (Å²) >= 11 is 0. The van der Waals surface area contributed by atoms with Gasteiger partial charge in [-0.05, 0) is 136 Å². The second-order valence-electron chi connectivity index (χ2n) is 17.5. The van der Waals surface area contributed by atoms with Crippen LogP contribution < -0.4 is 4.90 Å². The molecular formula is C65H43N. The molecule has 1 aliphatic rings. The first-order valence-electron chi connectivity index (χ1n) is 22.9. The predicted molar refractivity (Wildman–Crippen MR) is 279 cm³/mol. The van der Waals surface area contributed by atoms with Crippen LogP contribution in [-0.4, -0.2) is 0 Å². The van der Waals surface area contributed by atoms with Gasteiger partial charge in [0.1, 0.15) is 0 Å². The minimum absolute atomic E-state index is 0.546. The van der Waals surface area contributed by atoms with E-state index in [1.807, 2.05) is 0 Å². The number of hydrogen-bond acceptors (Lipinski definition) is 1. The summed E-state index contributed by atoms with van der Waals surface area (Å²) in [5.41, 5.74) is 15.1. The Morgan fingerprint density at radius 1 is 0.258 bits per heavy atom. The van der Waals surface area contributed by atoms with E-state index in [0.29, 0.717) is 0 Å². The zero-order valence-corrected chi connectivity index (χ0v) is 36.3. The second-order valence-corrected chi connectivity index (χ2v) is 17.5. The second kappa shape index (κ2) is 15.3. The van der Waals surface area contributed by atoms with E-state index in [9.17, 15) is 0 Å². The topological polar surface area (TPSA) is 3.24 Å². The zero-order chi connectivity index (χ0) is 43.6. The molecule has 12 aromatic rings. The van der Waals surface area contributed by atoms with Crippen LogP contribution in [0.4, 0.5) is 17.1 Å². The molecule has 0 radical (unpaired) electrons. The van der Waals surface area contributed by atoms with E-state index in [1.54, 1.807) is 0 Å². The Kier molecular flexibility index (Phi) is 8.82. The highest BCUT2D eigenvalue weighted by molar-refractivity contribution is 6.20. The van der Waals surface area contributed by atoms with Crippen molar-refractivity contribution in [2.24, 2.45) is 0 Å².